The van der Waals surface area contributed by atoms with E-state index >= 15 is 0 Å². The third-order valence-corrected chi connectivity index (χ3v) is 23.9. The fraction of sp³-hybridized carbons (Fsp3) is 0. The van der Waals surface area contributed by atoms with Gasteiger partial charge in [0.05, 0.1) is 44.5 Å². The van der Waals surface area contributed by atoms with Gasteiger partial charge < -0.3 is 18.9 Å². The monoisotopic (exact) mass is 1550 g/mol. The third kappa shape index (κ3) is 13.7. The van der Waals surface area contributed by atoms with Gasteiger partial charge in [0.1, 0.15) is 0 Å². The van der Waals surface area contributed by atoms with E-state index in [2.05, 4.69) is 480 Å². The predicted octanol–water partition coefficient (Wildman–Crippen LogP) is 31.4. The van der Waals surface area contributed by atoms with Crippen molar-refractivity contribution in [2.75, 3.05) is 9.80 Å². The Morgan fingerprint density at radius 1 is 0.148 bits per heavy atom. The SMILES string of the molecule is c1ccc(-c2cccc(-c3ccc4c(c3)c3cc(-c5cccc(-c6ccccc6)c5)ccc3n4-c3ccc(N(c4ccccc4)c4ccc(-c5nc6ccccc6nc5-c5ccc(N(c6ccccc6)c6ccc(-n7c8ccc(-c9cccc(-c%10ccccc%10)c9)cc8c8cc(-c9cccc(-c%10ccccc%10)c9)ccc87)cc6)cc5)cc4)cc3)c2)cc1. The molecule has 572 valence electrons. The molecule has 0 aliphatic heterocycles. The lowest BCUT2D eigenvalue weighted by Crippen LogP contribution is -2.10. The molecule has 0 unspecified atom stereocenters. The number of hydrogen-bond acceptors (Lipinski definition) is 4. The molecule has 0 amide bonds. The number of aromatic nitrogens is 4. The number of nitrogens with zero attached hydrogens (tertiary/aromatic N) is 6. The van der Waals surface area contributed by atoms with Gasteiger partial charge in [-0.25, -0.2) is 9.97 Å². The summed E-state index contributed by atoms with van der Waals surface area (Å²) in [4.78, 5) is 15.6. The second-order valence-electron chi connectivity index (χ2n) is 31.3. The molecule has 3 aromatic heterocycles. The summed E-state index contributed by atoms with van der Waals surface area (Å²) in [6.07, 6.45) is 0. The molecule has 19 aromatic carbocycles. The van der Waals surface area contributed by atoms with E-state index in [1.54, 1.807) is 0 Å². The third-order valence-electron chi connectivity index (χ3n) is 23.9. The quantitative estimate of drug-likeness (QED) is 0.0859. The summed E-state index contributed by atoms with van der Waals surface area (Å²) < 4.78 is 4.85. The van der Waals surface area contributed by atoms with Crippen LogP contribution >= 0.6 is 0 Å². The molecule has 0 N–H and O–H groups in total. The molecule has 0 bridgehead atoms. The van der Waals surface area contributed by atoms with Gasteiger partial charge in [0, 0.05) is 78.2 Å². The van der Waals surface area contributed by atoms with Gasteiger partial charge in [0.2, 0.25) is 0 Å². The zero-order valence-electron chi connectivity index (χ0n) is 66.7. The lowest BCUT2D eigenvalue weighted by molar-refractivity contribution is 1.17. The fourth-order valence-electron chi connectivity index (χ4n) is 17.8. The van der Waals surface area contributed by atoms with E-state index in [0.717, 1.165) is 101 Å². The van der Waals surface area contributed by atoms with Crippen molar-refractivity contribution in [2.45, 2.75) is 0 Å². The van der Waals surface area contributed by atoms with Gasteiger partial charge in [-0.3, -0.25) is 0 Å². The van der Waals surface area contributed by atoms with Gasteiger partial charge in [-0.1, -0.05) is 291 Å². The van der Waals surface area contributed by atoms with E-state index in [9.17, 15) is 0 Å². The summed E-state index contributed by atoms with van der Waals surface area (Å²) in [5, 5.41) is 4.75. The standard InChI is InChI=1S/C116H78N6/c1-7-25-79(26-8-1)85-33-21-37-89(71-85)93-51-67-111-105(75-93)106-76-94(90-38-22-34-86(72-90)80-27-9-2-10-28-80)52-68-112(106)121(111)103-63-59-101(60-64-103)119(97-41-15-5-16-42-97)99-55-47-83(48-56-99)115-116(118-110-46-20-19-45-109(110)117-115)84-49-57-100(58-50-84)120(98-43-17-6-18-44-98)102-61-65-104(66-62-102)122-113-69-53-95(91-39-23-35-87(73-91)81-29-11-3-12-30-81)77-107(113)108-78-96(54-70-114(108)122)92-40-24-36-88(74-92)82-31-13-4-14-32-82/h1-78H. The maximum absolute atomic E-state index is 5.45. The molecule has 0 spiro atoms. The van der Waals surface area contributed by atoms with Crippen molar-refractivity contribution in [1.29, 1.82) is 0 Å². The minimum absolute atomic E-state index is 0.799. The zero-order chi connectivity index (χ0) is 80.8. The molecular formula is C116H78N6. The van der Waals surface area contributed by atoms with Crippen molar-refractivity contribution in [1.82, 2.24) is 19.1 Å². The Kier molecular flexibility index (Phi) is 18.5. The first-order valence-corrected chi connectivity index (χ1v) is 41.6. The maximum Gasteiger partial charge on any atom is 0.0973 e. The molecule has 0 aliphatic carbocycles. The first-order valence-electron chi connectivity index (χ1n) is 41.6. The van der Waals surface area contributed by atoms with Crippen LogP contribution in [0.3, 0.4) is 0 Å². The largest absolute Gasteiger partial charge is 0.311 e. The molecule has 22 aromatic rings. The summed E-state index contributed by atoms with van der Waals surface area (Å²) in [5.41, 5.74) is 36.9. The van der Waals surface area contributed by atoms with Gasteiger partial charge >= 0.3 is 0 Å². The molecule has 0 saturated heterocycles. The van der Waals surface area contributed by atoms with Crippen LogP contribution in [0.25, 0.3) is 178 Å². The van der Waals surface area contributed by atoms with Crippen molar-refractivity contribution in [3.63, 3.8) is 0 Å². The minimum atomic E-state index is 0.799. The number of benzene rings is 19. The van der Waals surface area contributed by atoms with Gasteiger partial charge in [-0.05, 0) is 271 Å². The molecular weight excluding hydrogens is 1480 g/mol. The average Bonchev–Trinajstić information content (AvgIpc) is 1.59. The van der Waals surface area contributed by atoms with Crippen molar-refractivity contribution in [3.8, 4) is 123 Å². The first-order chi connectivity index (χ1) is 60.4. The molecule has 6 nitrogen and oxygen atoms in total. The number of anilines is 6. The van der Waals surface area contributed by atoms with Gasteiger partial charge in [-0.2, -0.15) is 0 Å². The molecule has 122 heavy (non-hydrogen) atoms. The highest BCUT2D eigenvalue weighted by atomic mass is 15.1. The van der Waals surface area contributed by atoms with Crippen LogP contribution in [0.4, 0.5) is 34.1 Å². The average molecular weight is 1560 g/mol. The number of rotatable bonds is 18. The molecule has 3 heterocycles. The van der Waals surface area contributed by atoms with Crippen molar-refractivity contribution in [3.05, 3.63) is 473 Å². The van der Waals surface area contributed by atoms with Gasteiger partial charge in [-0.15, -0.1) is 0 Å². The van der Waals surface area contributed by atoms with Crippen LogP contribution in [-0.2, 0) is 0 Å². The second kappa shape index (κ2) is 31.3. The van der Waals surface area contributed by atoms with Gasteiger partial charge in [0.15, 0.2) is 0 Å². The van der Waals surface area contributed by atoms with E-state index in [1.165, 1.54) is 111 Å². The van der Waals surface area contributed by atoms with Crippen LogP contribution < -0.4 is 9.80 Å². The highest BCUT2D eigenvalue weighted by Gasteiger charge is 2.23. The smallest absolute Gasteiger partial charge is 0.0973 e. The van der Waals surface area contributed by atoms with Crippen molar-refractivity contribution < 1.29 is 0 Å². The summed E-state index contributed by atoms with van der Waals surface area (Å²) in [6, 6.07) is 171. The summed E-state index contributed by atoms with van der Waals surface area (Å²) >= 11 is 0. The van der Waals surface area contributed by atoms with Crippen molar-refractivity contribution >= 4 is 88.8 Å². The summed E-state index contributed by atoms with van der Waals surface area (Å²) in [5.74, 6) is 0. The second-order valence-corrected chi connectivity index (χ2v) is 31.3. The van der Waals surface area contributed by atoms with E-state index < -0.39 is 0 Å². The van der Waals surface area contributed by atoms with Crippen LogP contribution in [0.2, 0.25) is 0 Å². The Morgan fingerprint density at radius 2 is 0.344 bits per heavy atom. The number of para-hydroxylation sites is 4. The highest BCUT2D eigenvalue weighted by molar-refractivity contribution is 6.13. The maximum atomic E-state index is 5.45. The lowest BCUT2D eigenvalue weighted by Gasteiger charge is -2.26. The molecule has 0 fully saturated rings. The fourth-order valence-corrected chi connectivity index (χ4v) is 17.8. The topological polar surface area (TPSA) is 42.1 Å². The van der Waals surface area contributed by atoms with Crippen LogP contribution in [0.15, 0.2) is 473 Å². The predicted molar refractivity (Wildman–Crippen MR) is 512 cm³/mol. The van der Waals surface area contributed by atoms with Crippen LogP contribution in [-0.4, -0.2) is 19.1 Å². The van der Waals surface area contributed by atoms with Crippen LogP contribution in [0, 0.1) is 0 Å². The van der Waals surface area contributed by atoms with E-state index in [0.29, 0.717) is 0 Å². The van der Waals surface area contributed by atoms with E-state index in [4.69, 9.17) is 9.97 Å². The highest BCUT2D eigenvalue weighted by Crippen LogP contribution is 2.46. The lowest BCUT2D eigenvalue weighted by atomic mass is 9.96. The summed E-state index contributed by atoms with van der Waals surface area (Å²) in [7, 11) is 0. The number of fused-ring (bicyclic) bond motifs is 7. The molecule has 0 aliphatic rings. The van der Waals surface area contributed by atoms with E-state index in [1.807, 2.05) is 12.1 Å². The molecule has 0 saturated carbocycles. The Labute approximate surface area is 709 Å². The van der Waals surface area contributed by atoms with Crippen LogP contribution in [0.1, 0.15) is 0 Å². The Morgan fingerprint density at radius 3 is 0.607 bits per heavy atom. The molecule has 6 heteroatoms. The van der Waals surface area contributed by atoms with Crippen LogP contribution in [0.5, 0.6) is 0 Å². The zero-order valence-corrected chi connectivity index (χ0v) is 66.7. The van der Waals surface area contributed by atoms with Crippen molar-refractivity contribution in [2.24, 2.45) is 0 Å². The molecule has 22 rings (SSSR count). The first kappa shape index (κ1) is 72.2. The Balaban J connectivity index is 0.589. The minimum Gasteiger partial charge on any atom is -0.311 e. The van der Waals surface area contributed by atoms with Gasteiger partial charge in [0.25, 0.3) is 0 Å². The number of hydrogen-bond donors (Lipinski definition) is 0. The van der Waals surface area contributed by atoms with E-state index in [-0.39, 0.29) is 0 Å². The summed E-state index contributed by atoms with van der Waals surface area (Å²) in [6.45, 7) is 0. The normalized spacial score (nSPS) is 11.4. The Hall–Kier alpha value is -16.3. The molecule has 0 atom stereocenters. The Bertz CT molecular complexity index is 6880. The molecule has 0 radical (unpaired) electrons.